The van der Waals surface area contributed by atoms with Crippen molar-refractivity contribution >= 4 is 0 Å². The Balaban J connectivity index is 2.14. The standard InChI is InChI=1S/C9H14N2/c1-2-4-6-9-8(5-3-1)7-10-11-9/h2,4,6,8,10-11H,1,3,5,7H2. The van der Waals surface area contributed by atoms with E-state index in [4.69, 9.17) is 0 Å². The average Bonchev–Trinajstić information content (AvgIpc) is 2.35. The molecule has 2 nitrogen and oxygen atoms in total. The van der Waals surface area contributed by atoms with Crippen molar-refractivity contribution in [2.75, 3.05) is 6.54 Å². The van der Waals surface area contributed by atoms with Gasteiger partial charge in [-0.3, -0.25) is 0 Å². The van der Waals surface area contributed by atoms with Crippen molar-refractivity contribution in [3.63, 3.8) is 0 Å². The summed E-state index contributed by atoms with van der Waals surface area (Å²) in [6, 6.07) is 0. The molecule has 2 aliphatic rings. The van der Waals surface area contributed by atoms with Gasteiger partial charge in [0.25, 0.3) is 0 Å². The highest BCUT2D eigenvalue weighted by molar-refractivity contribution is 5.17. The molecule has 1 aliphatic heterocycles. The Kier molecular flexibility index (Phi) is 1.95. The zero-order valence-electron chi connectivity index (χ0n) is 6.64. The lowest BCUT2D eigenvalue weighted by Gasteiger charge is -2.09. The van der Waals surface area contributed by atoms with Gasteiger partial charge in [0.1, 0.15) is 0 Å². The van der Waals surface area contributed by atoms with Gasteiger partial charge in [-0.1, -0.05) is 12.2 Å². The third kappa shape index (κ3) is 1.46. The number of hydrogen-bond donors (Lipinski definition) is 2. The lowest BCUT2D eigenvalue weighted by Crippen LogP contribution is -2.20. The quantitative estimate of drug-likeness (QED) is 0.544. The van der Waals surface area contributed by atoms with E-state index in [1.807, 2.05) is 0 Å². The molecule has 1 heterocycles. The van der Waals surface area contributed by atoms with Crippen molar-refractivity contribution in [3.05, 3.63) is 23.9 Å². The van der Waals surface area contributed by atoms with Gasteiger partial charge < -0.3 is 5.43 Å². The van der Waals surface area contributed by atoms with Crippen molar-refractivity contribution in [1.29, 1.82) is 0 Å². The molecule has 1 atom stereocenters. The van der Waals surface area contributed by atoms with E-state index in [1.54, 1.807) is 0 Å². The van der Waals surface area contributed by atoms with Crippen molar-refractivity contribution in [1.82, 2.24) is 10.9 Å². The fourth-order valence-electron chi connectivity index (χ4n) is 1.67. The summed E-state index contributed by atoms with van der Waals surface area (Å²) in [6.07, 6.45) is 10.5. The molecular formula is C9H14N2. The fourth-order valence-corrected chi connectivity index (χ4v) is 1.67. The molecule has 0 aromatic carbocycles. The van der Waals surface area contributed by atoms with Crippen LogP contribution in [0.5, 0.6) is 0 Å². The molecular weight excluding hydrogens is 136 g/mol. The van der Waals surface area contributed by atoms with Crippen LogP contribution in [-0.2, 0) is 0 Å². The molecule has 0 radical (unpaired) electrons. The third-order valence-electron chi connectivity index (χ3n) is 2.36. The zero-order chi connectivity index (χ0) is 7.52. The number of nitrogens with one attached hydrogen (secondary N) is 2. The summed E-state index contributed by atoms with van der Waals surface area (Å²) in [7, 11) is 0. The summed E-state index contributed by atoms with van der Waals surface area (Å²) >= 11 is 0. The van der Waals surface area contributed by atoms with E-state index in [2.05, 4.69) is 29.1 Å². The third-order valence-corrected chi connectivity index (χ3v) is 2.36. The summed E-state index contributed by atoms with van der Waals surface area (Å²) in [4.78, 5) is 0. The Labute approximate surface area is 67.3 Å². The van der Waals surface area contributed by atoms with E-state index < -0.39 is 0 Å². The van der Waals surface area contributed by atoms with Gasteiger partial charge in [0, 0.05) is 18.2 Å². The minimum atomic E-state index is 0.736. The second-order valence-corrected chi connectivity index (χ2v) is 3.18. The molecule has 60 valence electrons. The van der Waals surface area contributed by atoms with Crippen molar-refractivity contribution in [3.8, 4) is 0 Å². The number of hydrazine groups is 1. The predicted molar refractivity (Wildman–Crippen MR) is 45.7 cm³/mol. The maximum absolute atomic E-state index is 3.19. The first-order valence-corrected chi connectivity index (χ1v) is 4.32. The first kappa shape index (κ1) is 6.92. The van der Waals surface area contributed by atoms with Gasteiger partial charge in [-0.15, -0.1) is 0 Å². The van der Waals surface area contributed by atoms with E-state index in [0.717, 1.165) is 12.5 Å². The SMILES string of the molecule is C1=CCCCC2CNNC2=C1. The summed E-state index contributed by atoms with van der Waals surface area (Å²) in [5.41, 5.74) is 7.72. The predicted octanol–water partition coefficient (Wildman–Crippen LogP) is 1.33. The Morgan fingerprint density at radius 1 is 1.45 bits per heavy atom. The fraction of sp³-hybridized carbons (Fsp3) is 0.556. The molecule has 0 aromatic heterocycles. The topological polar surface area (TPSA) is 24.1 Å². The molecule has 0 saturated carbocycles. The first-order chi connectivity index (χ1) is 5.47. The van der Waals surface area contributed by atoms with Crippen LogP contribution in [0.4, 0.5) is 0 Å². The smallest absolute Gasteiger partial charge is 0.0306 e. The number of allylic oxidation sites excluding steroid dienone is 3. The zero-order valence-corrected chi connectivity index (χ0v) is 6.64. The van der Waals surface area contributed by atoms with Crippen LogP contribution >= 0.6 is 0 Å². The minimum Gasteiger partial charge on any atom is -0.325 e. The maximum atomic E-state index is 3.19. The number of hydrogen-bond acceptors (Lipinski definition) is 2. The molecule has 1 unspecified atom stereocenters. The summed E-state index contributed by atoms with van der Waals surface area (Å²) in [6.45, 7) is 1.10. The van der Waals surface area contributed by atoms with Crippen LogP contribution in [-0.4, -0.2) is 6.54 Å². The molecule has 2 N–H and O–H groups in total. The molecule has 0 bridgehead atoms. The highest BCUT2D eigenvalue weighted by atomic mass is 15.4. The van der Waals surface area contributed by atoms with Gasteiger partial charge in [-0.2, -0.15) is 0 Å². The van der Waals surface area contributed by atoms with E-state index in [0.29, 0.717) is 0 Å². The van der Waals surface area contributed by atoms with Crippen LogP contribution < -0.4 is 10.9 Å². The van der Waals surface area contributed by atoms with Gasteiger partial charge >= 0.3 is 0 Å². The number of rotatable bonds is 0. The van der Waals surface area contributed by atoms with Gasteiger partial charge in [0.2, 0.25) is 0 Å². The van der Waals surface area contributed by atoms with Crippen LogP contribution in [0.25, 0.3) is 0 Å². The Morgan fingerprint density at radius 3 is 3.45 bits per heavy atom. The average molecular weight is 150 g/mol. The van der Waals surface area contributed by atoms with Crippen molar-refractivity contribution in [2.45, 2.75) is 19.3 Å². The maximum Gasteiger partial charge on any atom is 0.0306 e. The van der Waals surface area contributed by atoms with Crippen molar-refractivity contribution < 1.29 is 0 Å². The van der Waals surface area contributed by atoms with Crippen LogP contribution in [0.2, 0.25) is 0 Å². The van der Waals surface area contributed by atoms with Crippen LogP contribution in [0.15, 0.2) is 23.9 Å². The molecule has 2 rings (SSSR count). The molecule has 2 heteroatoms. The molecule has 0 amide bonds. The van der Waals surface area contributed by atoms with E-state index in [9.17, 15) is 0 Å². The molecule has 1 aliphatic carbocycles. The highest BCUT2D eigenvalue weighted by Crippen LogP contribution is 2.20. The van der Waals surface area contributed by atoms with Crippen LogP contribution in [0.3, 0.4) is 0 Å². The van der Waals surface area contributed by atoms with Gasteiger partial charge in [0.05, 0.1) is 0 Å². The second-order valence-electron chi connectivity index (χ2n) is 3.18. The van der Waals surface area contributed by atoms with E-state index in [-0.39, 0.29) is 0 Å². The first-order valence-electron chi connectivity index (χ1n) is 4.32. The largest absolute Gasteiger partial charge is 0.325 e. The molecule has 0 spiro atoms. The Hall–Kier alpha value is -0.760. The van der Waals surface area contributed by atoms with Crippen LogP contribution in [0.1, 0.15) is 19.3 Å². The van der Waals surface area contributed by atoms with Crippen LogP contribution in [0, 0.1) is 5.92 Å². The van der Waals surface area contributed by atoms with Gasteiger partial charge in [-0.05, 0) is 25.3 Å². The molecule has 0 aromatic rings. The second kappa shape index (κ2) is 3.09. The summed E-state index contributed by atoms with van der Waals surface area (Å²) in [5, 5.41) is 0. The Morgan fingerprint density at radius 2 is 2.45 bits per heavy atom. The van der Waals surface area contributed by atoms with Gasteiger partial charge in [-0.25, -0.2) is 5.43 Å². The Bertz CT molecular complexity index is 194. The molecule has 11 heavy (non-hydrogen) atoms. The lowest BCUT2D eigenvalue weighted by atomic mass is 9.97. The summed E-state index contributed by atoms with van der Waals surface area (Å²) in [5.74, 6) is 0.736. The lowest BCUT2D eigenvalue weighted by molar-refractivity contribution is 0.567. The van der Waals surface area contributed by atoms with E-state index in [1.165, 1.54) is 25.0 Å². The minimum absolute atomic E-state index is 0.736. The number of fused-ring (bicyclic) bond motifs is 1. The van der Waals surface area contributed by atoms with Gasteiger partial charge in [0.15, 0.2) is 0 Å². The summed E-state index contributed by atoms with van der Waals surface area (Å²) < 4.78 is 0. The highest BCUT2D eigenvalue weighted by Gasteiger charge is 2.19. The van der Waals surface area contributed by atoms with Crippen molar-refractivity contribution in [2.24, 2.45) is 5.92 Å². The normalized spacial score (nSPS) is 29.8. The van der Waals surface area contributed by atoms with E-state index >= 15 is 0 Å². The molecule has 1 saturated heterocycles. The monoisotopic (exact) mass is 150 g/mol. The molecule has 1 fully saturated rings.